The number of alkyl halides is 3. The van der Waals surface area contributed by atoms with Crippen molar-refractivity contribution in [2.45, 2.75) is 63.7 Å². The Labute approximate surface area is 187 Å². The highest BCUT2D eigenvalue weighted by molar-refractivity contribution is 6.00. The SMILES string of the molecule is C[C@H]1CCCN1[C@H]1CCN(c2ccc(N3CCC4(CCOCC4)C3=O)c(C(F)(F)F)c2)C1. The molecule has 4 saturated heterocycles. The maximum atomic E-state index is 14.1. The number of rotatable bonds is 3. The van der Waals surface area contributed by atoms with Crippen LogP contribution in [0.2, 0.25) is 0 Å². The smallest absolute Gasteiger partial charge is 0.381 e. The summed E-state index contributed by atoms with van der Waals surface area (Å²) in [7, 11) is 0. The Morgan fingerprint density at radius 2 is 1.84 bits per heavy atom. The second-order valence-corrected chi connectivity index (χ2v) is 9.92. The molecule has 176 valence electrons. The molecule has 1 spiro atoms. The molecule has 4 fully saturated rings. The normalized spacial score (nSPS) is 28.9. The lowest BCUT2D eigenvalue weighted by Gasteiger charge is -2.32. The summed E-state index contributed by atoms with van der Waals surface area (Å²) in [6.45, 7) is 6.16. The second-order valence-electron chi connectivity index (χ2n) is 9.92. The number of anilines is 2. The molecule has 0 radical (unpaired) electrons. The minimum absolute atomic E-state index is 0.00136. The van der Waals surface area contributed by atoms with E-state index < -0.39 is 17.2 Å². The average Bonchev–Trinajstić information content (AvgIpc) is 3.48. The third-order valence-corrected chi connectivity index (χ3v) is 8.14. The van der Waals surface area contributed by atoms with Crippen LogP contribution < -0.4 is 9.80 Å². The van der Waals surface area contributed by atoms with E-state index in [4.69, 9.17) is 4.74 Å². The molecule has 4 aliphatic heterocycles. The summed E-state index contributed by atoms with van der Waals surface area (Å²) in [5.41, 5.74) is -0.666. The van der Waals surface area contributed by atoms with Crippen molar-refractivity contribution in [3.8, 4) is 0 Å². The van der Waals surface area contributed by atoms with Crippen LogP contribution in [0.3, 0.4) is 0 Å². The monoisotopic (exact) mass is 451 g/mol. The van der Waals surface area contributed by atoms with E-state index in [1.54, 1.807) is 6.07 Å². The maximum absolute atomic E-state index is 14.1. The lowest BCUT2D eigenvalue weighted by Crippen LogP contribution is -2.40. The van der Waals surface area contributed by atoms with Crippen LogP contribution in [-0.4, -0.2) is 62.3 Å². The van der Waals surface area contributed by atoms with Crippen LogP contribution in [0.5, 0.6) is 0 Å². The molecule has 0 unspecified atom stereocenters. The van der Waals surface area contributed by atoms with Crippen molar-refractivity contribution in [3.05, 3.63) is 23.8 Å². The predicted molar refractivity (Wildman–Crippen MR) is 117 cm³/mol. The lowest BCUT2D eigenvalue weighted by atomic mass is 9.79. The molecule has 2 atom stereocenters. The Balaban J connectivity index is 1.39. The molecule has 0 saturated carbocycles. The van der Waals surface area contributed by atoms with E-state index in [0.717, 1.165) is 26.1 Å². The number of benzene rings is 1. The molecule has 5 rings (SSSR count). The summed E-state index contributed by atoms with van der Waals surface area (Å²) in [5, 5.41) is 0. The van der Waals surface area contributed by atoms with Gasteiger partial charge in [0.1, 0.15) is 0 Å². The Bertz CT molecular complexity index is 869. The molecule has 1 amide bonds. The third-order valence-electron chi connectivity index (χ3n) is 8.14. The zero-order valence-corrected chi connectivity index (χ0v) is 18.7. The number of nitrogens with zero attached hydrogens (tertiary/aromatic N) is 3. The number of hydrogen-bond acceptors (Lipinski definition) is 4. The average molecular weight is 452 g/mol. The van der Waals surface area contributed by atoms with Crippen LogP contribution in [0.1, 0.15) is 51.0 Å². The van der Waals surface area contributed by atoms with Gasteiger partial charge in [0, 0.05) is 50.6 Å². The van der Waals surface area contributed by atoms with Gasteiger partial charge < -0.3 is 14.5 Å². The third kappa shape index (κ3) is 3.79. The van der Waals surface area contributed by atoms with Crippen LogP contribution in [0.15, 0.2) is 18.2 Å². The molecule has 1 aromatic carbocycles. The first kappa shape index (κ1) is 22.0. The molecule has 0 aromatic heterocycles. The highest BCUT2D eigenvalue weighted by Crippen LogP contribution is 2.46. The van der Waals surface area contributed by atoms with Crippen molar-refractivity contribution in [1.82, 2.24) is 4.90 Å². The summed E-state index contributed by atoms with van der Waals surface area (Å²) in [4.78, 5) is 19.2. The summed E-state index contributed by atoms with van der Waals surface area (Å²) in [5.74, 6) is -0.177. The zero-order chi connectivity index (χ0) is 22.5. The number of carbonyl (C=O) groups excluding carboxylic acids is 1. The van der Waals surface area contributed by atoms with Gasteiger partial charge in [0.2, 0.25) is 5.91 Å². The van der Waals surface area contributed by atoms with Gasteiger partial charge in [-0.2, -0.15) is 13.2 Å². The minimum atomic E-state index is -4.51. The fraction of sp³-hybridized carbons (Fsp3) is 0.708. The van der Waals surface area contributed by atoms with Gasteiger partial charge in [-0.3, -0.25) is 9.69 Å². The summed E-state index contributed by atoms with van der Waals surface area (Å²) in [6, 6.07) is 5.48. The fourth-order valence-electron chi connectivity index (χ4n) is 6.20. The van der Waals surface area contributed by atoms with Crippen LogP contribution in [0.4, 0.5) is 24.5 Å². The van der Waals surface area contributed by atoms with E-state index in [0.29, 0.717) is 56.8 Å². The van der Waals surface area contributed by atoms with E-state index >= 15 is 0 Å². The van der Waals surface area contributed by atoms with Gasteiger partial charge in [0.15, 0.2) is 0 Å². The Morgan fingerprint density at radius 3 is 2.53 bits per heavy atom. The van der Waals surface area contributed by atoms with Gasteiger partial charge in [-0.05, 0) is 70.2 Å². The molecule has 0 aliphatic carbocycles. The molecule has 8 heteroatoms. The molecular formula is C24H32F3N3O2. The van der Waals surface area contributed by atoms with E-state index in [2.05, 4.69) is 16.7 Å². The van der Waals surface area contributed by atoms with E-state index in [1.807, 2.05) is 0 Å². The van der Waals surface area contributed by atoms with Crippen LogP contribution in [-0.2, 0) is 15.7 Å². The molecule has 32 heavy (non-hydrogen) atoms. The maximum Gasteiger partial charge on any atom is 0.418 e. The topological polar surface area (TPSA) is 36.0 Å². The number of hydrogen-bond donors (Lipinski definition) is 0. The fourth-order valence-corrected chi connectivity index (χ4v) is 6.20. The standard InChI is InChI=1S/C24H32F3N3O2/c1-17-3-2-10-29(17)19-6-11-28(16-19)18-4-5-21(20(15-18)24(25,26)27)30-12-7-23(22(30)31)8-13-32-14-9-23/h4-5,15,17,19H,2-3,6-14,16H2,1H3/t17-,19-/m0/s1. The second kappa shape index (κ2) is 8.20. The van der Waals surface area contributed by atoms with Gasteiger partial charge in [-0.15, -0.1) is 0 Å². The minimum Gasteiger partial charge on any atom is -0.381 e. The Morgan fingerprint density at radius 1 is 1.06 bits per heavy atom. The van der Waals surface area contributed by atoms with Gasteiger partial charge in [0.05, 0.1) is 16.7 Å². The molecule has 1 aromatic rings. The summed E-state index contributed by atoms with van der Waals surface area (Å²) < 4.78 is 47.7. The zero-order valence-electron chi connectivity index (χ0n) is 18.7. The van der Waals surface area contributed by atoms with Gasteiger partial charge in [-0.1, -0.05) is 0 Å². The quantitative estimate of drug-likeness (QED) is 0.687. The first-order valence-electron chi connectivity index (χ1n) is 11.9. The molecule has 4 heterocycles. The van der Waals surface area contributed by atoms with Crippen LogP contribution in [0, 0.1) is 5.41 Å². The lowest BCUT2D eigenvalue weighted by molar-refractivity contribution is -0.137. The molecular weight excluding hydrogens is 419 g/mol. The van der Waals surface area contributed by atoms with E-state index in [-0.39, 0.29) is 11.6 Å². The van der Waals surface area contributed by atoms with Gasteiger partial charge in [0.25, 0.3) is 0 Å². The van der Waals surface area contributed by atoms with Crippen molar-refractivity contribution in [1.29, 1.82) is 0 Å². The highest BCUT2D eigenvalue weighted by Gasteiger charge is 2.49. The number of carbonyl (C=O) groups is 1. The molecule has 4 aliphatic rings. The number of likely N-dealkylation sites (tertiary alicyclic amines) is 1. The molecule has 0 bridgehead atoms. The van der Waals surface area contributed by atoms with Gasteiger partial charge >= 0.3 is 6.18 Å². The molecule has 0 N–H and O–H groups in total. The van der Waals surface area contributed by atoms with Crippen LogP contribution in [0.25, 0.3) is 0 Å². The van der Waals surface area contributed by atoms with Crippen molar-refractivity contribution >= 4 is 17.3 Å². The predicted octanol–water partition coefficient (Wildman–Crippen LogP) is 4.30. The van der Waals surface area contributed by atoms with Crippen molar-refractivity contribution in [2.75, 3.05) is 49.2 Å². The largest absolute Gasteiger partial charge is 0.418 e. The van der Waals surface area contributed by atoms with Crippen molar-refractivity contribution < 1.29 is 22.7 Å². The van der Waals surface area contributed by atoms with Gasteiger partial charge in [-0.25, -0.2) is 0 Å². The highest BCUT2D eigenvalue weighted by atomic mass is 19.4. The Hall–Kier alpha value is -1.80. The first-order valence-corrected chi connectivity index (χ1v) is 11.9. The number of amides is 1. The summed E-state index contributed by atoms with van der Waals surface area (Å²) in [6.07, 6.45) is 0.624. The van der Waals surface area contributed by atoms with Crippen molar-refractivity contribution in [2.24, 2.45) is 5.41 Å². The summed E-state index contributed by atoms with van der Waals surface area (Å²) >= 11 is 0. The van der Waals surface area contributed by atoms with Crippen LogP contribution >= 0.6 is 0 Å². The Kier molecular flexibility index (Phi) is 5.64. The van der Waals surface area contributed by atoms with E-state index in [1.165, 1.54) is 29.9 Å². The molecule has 5 nitrogen and oxygen atoms in total. The number of ether oxygens (including phenoxy) is 1. The number of halogens is 3. The first-order chi connectivity index (χ1) is 15.3. The van der Waals surface area contributed by atoms with E-state index in [9.17, 15) is 18.0 Å². The van der Waals surface area contributed by atoms with Crippen molar-refractivity contribution in [3.63, 3.8) is 0 Å².